The summed E-state index contributed by atoms with van der Waals surface area (Å²) in [7, 11) is 1.48. The third-order valence-corrected chi connectivity index (χ3v) is 5.02. The molecule has 1 fully saturated rings. The maximum Gasteiger partial charge on any atom is 0.319 e. The Hall–Kier alpha value is -3.62. The molecule has 0 unspecified atom stereocenters. The van der Waals surface area contributed by atoms with E-state index in [1.165, 1.54) is 13.4 Å². The fraction of sp³-hybridized carbons (Fsp3) is 0.300. The molecule has 1 aromatic carbocycles. The third-order valence-electron chi connectivity index (χ3n) is 5.02. The van der Waals surface area contributed by atoms with Crippen LogP contribution in [-0.2, 0) is 0 Å². The molecule has 9 heteroatoms. The highest BCUT2D eigenvalue weighted by Crippen LogP contribution is 2.39. The Bertz CT molecular complexity index is 1150. The van der Waals surface area contributed by atoms with Crippen molar-refractivity contribution in [2.24, 2.45) is 0 Å². The summed E-state index contributed by atoms with van der Waals surface area (Å²) in [5.41, 5.74) is 0.951. The van der Waals surface area contributed by atoms with Crippen LogP contribution in [0.15, 0.2) is 41.0 Å². The van der Waals surface area contributed by atoms with Gasteiger partial charge < -0.3 is 19.0 Å². The average Bonchev–Trinajstić information content (AvgIpc) is 3.47. The van der Waals surface area contributed by atoms with Gasteiger partial charge >= 0.3 is 6.01 Å². The highest BCUT2D eigenvalue weighted by Gasteiger charge is 2.28. The lowest BCUT2D eigenvalue weighted by atomic mass is 10.2. The van der Waals surface area contributed by atoms with E-state index in [-0.39, 0.29) is 23.8 Å². The molecule has 0 amide bonds. The second kappa shape index (κ2) is 7.08. The minimum atomic E-state index is -0.361. The summed E-state index contributed by atoms with van der Waals surface area (Å²) >= 11 is 0. The maximum atomic E-state index is 9.96. The molecule has 0 aliphatic heterocycles. The maximum absolute atomic E-state index is 9.96. The van der Waals surface area contributed by atoms with E-state index in [0.717, 1.165) is 25.7 Å². The largest absolute Gasteiger partial charge is 0.480 e. The molecule has 1 aliphatic rings. The summed E-state index contributed by atoms with van der Waals surface area (Å²) in [6, 6.07) is 9.16. The van der Waals surface area contributed by atoms with Crippen LogP contribution in [0.1, 0.15) is 31.7 Å². The van der Waals surface area contributed by atoms with Gasteiger partial charge in [-0.15, -0.1) is 0 Å². The van der Waals surface area contributed by atoms with Crippen molar-refractivity contribution in [3.8, 4) is 35.1 Å². The second-order valence-corrected chi connectivity index (χ2v) is 6.87. The van der Waals surface area contributed by atoms with Gasteiger partial charge in [0, 0.05) is 0 Å². The van der Waals surface area contributed by atoms with E-state index in [2.05, 4.69) is 15.0 Å². The summed E-state index contributed by atoms with van der Waals surface area (Å²) in [6.07, 6.45) is 5.68. The van der Waals surface area contributed by atoms with Gasteiger partial charge in [-0.3, -0.25) is 0 Å². The third kappa shape index (κ3) is 3.14. The molecule has 5 rings (SSSR count). The topological polar surface area (TPSA) is 108 Å². The summed E-state index contributed by atoms with van der Waals surface area (Å²) in [5, 5.41) is 15.2. The average molecular weight is 393 g/mol. The number of nitrogens with zero attached hydrogens (tertiary/aromatic N) is 5. The number of fused-ring (bicyclic) bond motifs is 1. The summed E-state index contributed by atoms with van der Waals surface area (Å²) in [6.45, 7) is 0. The van der Waals surface area contributed by atoms with E-state index in [4.69, 9.17) is 19.0 Å². The van der Waals surface area contributed by atoms with Crippen LogP contribution in [0.5, 0.6) is 23.5 Å². The highest BCUT2D eigenvalue weighted by molar-refractivity contribution is 5.93. The number of para-hydroxylation sites is 1. The molecule has 29 heavy (non-hydrogen) atoms. The first-order chi connectivity index (χ1) is 14.2. The molecular formula is C20H19N5O4. The van der Waals surface area contributed by atoms with Gasteiger partial charge in [-0.05, 0) is 25.0 Å². The van der Waals surface area contributed by atoms with Gasteiger partial charge in [0.15, 0.2) is 17.6 Å². The first kappa shape index (κ1) is 17.5. The molecule has 3 heterocycles. The molecule has 0 bridgehead atoms. The molecule has 4 aromatic rings. The molecule has 0 atom stereocenters. The van der Waals surface area contributed by atoms with Crippen molar-refractivity contribution in [3.63, 3.8) is 0 Å². The zero-order valence-corrected chi connectivity index (χ0v) is 15.8. The van der Waals surface area contributed by atoms with Crippen molar-refractivity contribution in [2.75, 3.05) is 7.11 Å². The number of aromatic nitrogens is 5. The Labute approximate surface area is 165 Å². The number of aromatic hydroxyl groups is 1. The number of hydrogen-bond donors (Lipinski definition) is 1. The lowest BCUT2D eigenvalue weighted by Crippen LogP contribution is -2.07. The van der Waals surface area contributed by atoms with E-state index < -0.39 is 0 Å². The predicted molar refractivity (Wildman–Crippen MR) is 103 cm³/mol. The van der Waals surface area contributed by atoms with Crippen molar-refractivity contribution in [1.82, 2.24) is 24.7 Å². The van der Waals surface area contributed by atoms with Crippen molar-refractivity contribution in [3.05, 3.63) is 36.6 Å². The fourth-order valence-corrected chi connectivity index (χ4v) is 3.72. The number of ether oxygens (including phenoxy) is 2. The van der Waals surface area contributed by atoms with E-state index in [1.54, 1.807) is 0 Å². The van der Waals surface area contributed by atoms with Gasteiger partial charge in [-0.1, -0.05) is 31.0 Å². The molecule has 9 nitrogen and oxygen atoms in total. The minimum Gasteiger partial charge on any atom is -0.480 e. The standard InChI is InChI=1S/C20H19N5O4/c1-27-18-15-16(19-21-14(11-28-19)29-13-9-3-2-4-10-13)24-25(12-7-5-6-8-12)17(15)22-20(26)23-18/h2-4,9-12H,5-8H2,1H3,(H,22,23,26). The Morgan fingerprint density at radius 2 is 1.90 bits per heavy atom. The molecule has 148 valence electrons. The monoisotopic (exact) mass is 393 g/mol. The molecule has 1 saturated carbocycles. The molecule has 0 spiro atoms. The predicted octanol–water partition coefficient (Wildman–Crippen LogP) is 4.10. The second-order valence-electron chi connectivity index (χ2n) is 6.87. The van der Waals surface area contributed by atoms with Crippen molar-refractivity contribution >= 4 is 11.0 Å². The van der Waals surface area contributed by atoms with Crippen LogP contribution in [0.25, 0.3) is 22.6 Å². The Kier molecular flexibility index (Phi) is 4.27. The number of methoxy groups -OCH3 is 1. The van der Waals surface area contributed by atoms with Gasteiger partial charge in [-0.25, -0.2) is 4.68 Å². The van der Waals surface area contributed by atoms with Gasteiger partial charge in [0.05, 0.1) is 13.2 Å². The lowest BCUT2D eigenvalue weighted by molar-refractivity contribution is 0.376. The van der Waals surface area contributed by atoms with E-state index in [0.29, 0.717) is 28.4 Å². The van der Waals surface area contributed by atoms with Crippen molar-refractivity contribution < 1.29 is 19.0 Å². The molecule has 3 aromatic heterocycles. The van der Waals surface area contributed by atoms with Gasteiger partial charge in [-0.2, -0.15) is 20.1 Å². The van der Waals surface area contributed by atoms with Crippen LogP contribution < -0.4 is 9.47 Å². The zero-order valence-electron chi connectivity index (χ0n) is 15.8. The molecule has 0 radical (unpaired) electrons. The van der Waals surface area contributed by atoms with Crippen molar-refractivity contribution in [1.29, 1.82) is 0 Å². The minimum absolute atomic E-state index is 0.195. The zero-order chi connectivity index (χ0) is 19.8. The summed E-state index contributed by atoms with van der Waals surface area (Å²) < 4.78 is 18.6. The van der Waals surface area contributed by atoms with Crippen LogP contribution in [-0.4, -0.2) is 36.9 Å². The van der Waals surface area contributed by atoms with Crippen LogP contribution in [0.2, 0.25) is 0 Å². The van der Waals surface area contributed by atoms with Crippen LogP contribution in [0, 0.1) is 0 Å². The number of hydrogen-bond acceptors (Lipinski definition) is 8. The van der Waals surface area contributed by atoms with E-state index in [1.807, 2.05) is 35.0 Å². The Morgan fingerprint density at radius 1 is 1.10 bits per heavy atom. The van der Waals surface area contributed by atoms with Gasteiger partial charge in [0.2, 0.25) is 5.88 Å². The van der Waals surface area contributed by atoms with Gasteiger partial charge in [0.25, 0.3) is 11.8 Å². The summed E-state index contributed by atoms with van der Waals surface area (Å²) in [5.74, 6) is 1.45. The SMILES string of the molecule is COc1nc(O)nc2c1c(-c1nc(Oc3ccccc3)co1)nn2C1CCCC1. The lowest BCUT2D eigenvalue weighted by Gasteiger charge is -2.10. The first-order valence-corrected chi connectivity index (χ1v) is 9.45. The van der Waals surface area contributed by atoms with Crippen LogP contribution >= 0.6 is 0 Å². The van der Waals surface area contributed by atoms with Crippen LogP contribution in [0.4, 0.5) is 0 Å². The van der Waals surface area contributed by atoms with Crippen LogP contribution in [0.3, 0.4) is 0 Å². The van der Waals surface area contributed by atoms with E-state index >= 15 is 0 Å². The normalized spacial score (nSPS) is 14.5. The molecular weight excluding hydrogens is 374 g/mol. The number of oxazole rings is 1. The van der Waals surface area contributed by atoms with Gasteiger partial charge in [0.1, 0.15) is 11.1 Å². The molecule has 1 aliphatic carbocycles. The molecule has 1 N–H and O–H groups in total. The first-order valence-electron chi connectivity index (χ1n) is 9.45. The summed E-state index contributed by atoms with van der Waals surface area (Å²) in [4.78, 5) is 12.6. The van der Waals surface area contributed by atoms with Crippen molar-refractivity contribution in [2.45, 2.75) is 31.7 Å². The smallest absolute Gasteiger partial charge is 0.319 e. The fourth-order valence-electron chi connectivity index (χ4n) is 3.72. The van der Waals surface area contributed by atoms with E-state index in [9.17, 15) is 5.11 Å². The number of benzene rings is 1. The Balaban J connectivity index is 1.61. The highest BCUT2D eigenvalue weighted by atomic mass is 16.5. The quantitative estimate of drug-likeness (QED) is 0.540. The Morgan fingerprint density at radius 3 is 2.66 bits per heavy atom. The molecule has 0 saturated heterocycles. The number of rotatable bonds is 5.